The summed E-state index contributed by atoms with van der Waals surface area (Å²) in [4.78, 5) is 7.61. The highest BCUT2D eigenvalue weighted by atomic mass is 16.3. The molecule has 2 fully saturated rings. The fraction of sp³-hybridized carbons (Fsp3) is 0.739. The van der Waals surface area contributed by atoms with Gasteiger partial charge >= 0.3 is 0 Å². The van der Waals surface area contributed by atoms with Gasteiger partial charge in [-0.1, -0.05) is 24.6 Å². The van der Waals surface area contributed by atoms with Crippen LogP contribution in [0.1, 0.15) is 48.4 Å². The number of piperidine rings is 1. The van der Waals surface area contributed by atoms with E-state index in [-0.39, 0.29) is 5.41 Å². The normalized spacial score (nSPS) is 22.3. The average molecular weight is 374 g/mol. The fourth-order valence-corrected chi connectivity index (χ4v) is 4.64. The lowest BCUT2D eigenvalue weighted by Crippen LogP contribution is -2.44. The highest BCUT2D eigenvalue weighted by Crippen LogP contribution is 2.35. The standard InChI is InChI=1S/C23H39N3O/c1-5-23(18-27)6-8-25(9-7-23)16-21-14-19(2)15-22(20(21)3)17-26-12-10-24(4)11-13-26/h14-15,27H,5-13,16-18H2,1-4H3. The Labute approximate surface area is 166 Å². The molecule has 4 heteroatoms. The highest BCUT2D eigenvalue weighted by molar-refractivity contribution is 5.38. The zero-order valence-electron chi connectivity index (χ0n) is 17.9. The predicted octanol–water partition coefficient (Wildman–Crippen LogP) is 3.04. The van der Waals surface area contributed by atoms with Crippen molar-refractivity contribution in [3.63, 3.8) is 0 Å². The second-order valence-corrected chi connectivity index (χ2v) is 9.08. The molecule has 0 atom stereocenters. The minimum Gasteiger partial charge on any atom is -0.396 e. The molecule has 2 heterocycles. The van der Waals surface area contributed by atoms with Crippen molar-refractivity contribution in [1.29, 1.82) is 0 Å². The number of hydrogen-bond acceptors (Lipinski definition) is 4. The van der Waals surface area contributed by atoms with E-state index in [4.69, 9.17) is 0 Å². The Morgan fingerprint density at radius 2 is 1.41 bits per heavy atom. The molecule has 4 nitrogen and oxygen atoms in total. The van der Waals surface area contributed by atoms with E-state index >= 15 is 0 Å². The number of nitrogens with zero attached hydrogens (tertiary/aromatic N) is 3. The quantitative estimate of drug-likeness (QED) is 0.830. The highest BCUT2D eigenvalue weighted by Gasteiger charge is 2.32. The number of piperazine rings is 1. The van der Waals surface area contributed by atoms with Gasteiger partial charge in [0.2, 0.25) is 0 Å². The van der Waals surface area contributed by atoms with Gasteiger partial charge in [-0.2, -0.15) is 0 Å². The SMILES string of the molecule is CCC1(CO)CCN(Cc2cc(C)cc(CN3CCN(C)CC3)c2C)CC1. The number of aryl methyl sites for hydroxylation is 1. The Bertz CT molecular complexity index is 608. The molecular weight excluding hydrogens is 334 g/mol. The Morgan fingerprint density at radius 1 is 0.889 bits per heavy atom. The monoisotopic (exact) mass is 373 g/mol. The summed E-state index contributed by atoms with van der Waals surface area (Å²) in [6.45, 7) is 16.2. The van der Waals surface area contributed by atoms with E-state index < -0.39 is 0 Å². The van der Waals surface area contributed by atoms with Crippen molar-refractivity contribution in [2.45, 2.75) is 53.1 Å². The summed E-state index contributed by atoms with van der Waals surface area (Å²) in [5, 5.41) is 9.78. The van der Waals surface area contributed by atoms with Crippen molar-refractivity contribution in [2.24, 2.45) is 5.41 Å². The van der Waals surface area contributed by atoms with Gasteiger partial charge in [0, 0.05) is 45.9 Å². The molecule has 1 N–H and O–H groups in total. The molecule has 0 spiro atoms. The van der Waals surface area contributed by atoms with Gasteiger partial charge in [-0.3, -0.25) is 9.80 Å². The van der Waals surface area contributed by atoms with Crippen molar-refractivity contribution >= 4 is 0 Å². The lowest BCUT2D eigenvalue weighted by Gasteiger charge is -2.40. The Hall–Kier alpha value is -0.940. The molecule has 3 rings (SSSR count). The van der Waals surface area contributed by atoms with Crippen LogP contribution in [0.2, 0.25) is 0 Å². The molecule has 0 saturated carbocycles. The van der Waals surface area contributed by atoms with Gasteiger partial charge in [0.15, 0.2) is 0 Å². The lowest BCUT2D eigenvalue weighted by molar-refractivity contribution is 0.0381. The first kappa shape index (κ1) is 20.8. The van der Waals surface area contributed by atoms with E-state index in [1.54, 1.807) is 0 Å². The van der Waals surface area contributed by atoms with Crippen LogP contribution in [0, 0.1) is 19.3 Å². The van der Waals surface area contributed by atoms with Crippen LogP contribution in [-0.4, -0.2) is 72.7 Å². The molecule has 0 radical (unpaired) electrons. The first-order valence-corrected chi connectivity index (χ1v) is 10.8. The van der Waals surface area contributed by atoms with Crippen LogP contribution in [0.25, 0.3) is 0 Å². The summed E-state index contributed by atoms with van der Waals surface area (Å²) in [6, 6.07) is 4.78. The lowest BCUT2D eigenvalue weighted by atomic mass is 9.77. The molecule has 2 aliphatic rings. The third-order valence-electron chi connectivity index (χ3n) is 7.15. The Morgan fingerprint density at radius 3 is 1.89 bits per heavy atom. The maximum absolute atomic E-state index is 9.78. The molecule has 0 unspecified atom stereocenters. The maximum Gasteiger partial charge on any atom is 0.0488 e. The summed E-state index contributed by atoms with van der Waals surface area (Å²) < 4.78 is 0. The average Bonchev–Trinajstić information content (AvgIpc) is 2.68. The van der Waals surface area contributed by atoms with E-state index in [9.17, 15) is 5.11 Å². The Balaban J connectivity index is 1.65. The smallest absolute Gasteiger partial charge is 0.0488 e. The number of aliphatic hydroxyl groups excluding tert-OH is 1. The van der Waals surface area contributed by atoms with Gasteiger partial charge in [-0.15, -0.1) is 0 Å². The molecule has 2 aliphatic heterocycles. The molecule has 0 amide bonds. The zero-order chi connectivity index (χ0) is 19.4. The number of aliphatic hydroxyl groups is 1. The molecule has 2 saturated heterocycles. The van der Waals surface area contributed by atoms with E-state index in [2.05, 4.69) is 54.7 Å². The van der Waals surface area contributed by atoms with Crippen molar-refractivity contribution in [1.82, 2.24) is 14.7 Å². The van der Waals surface area contributed by atoms with E-state index in [1.165, 1.54) is 48.4 Å². The second kappa shape index (κ2) is 9.04. The van der Waals surface area contributed by atoms with Crippen LogP contribution in [0.4, 0.5) is 0 Å². The number of rotatable bonds is 6. The largest absolute Gasteiger partial charge is 0.396 e. The van der Waals surface area contributed by atoms with Gasteiger partial charge < -0.3 is 10.0 Å². The van der Waals surface area contributed by atoms with Crippen molar-refractivity contribution < 1.29 is 5.11 Å². The van der Waals surface area contributed by atoms with Crippen LogP contribution >= 0.6 is 0 Å². The molecule has 27 heavy (non-hydrogen) atoms. The minimum absolute atomic E-state index is 0.171. The molecule has 1 aromatic carbocycles. The van der Waals surface area contributed by atoms with E-state index in [1.807, 2.05) is 0 Å². The van der Waals surface area contributed by atoms with Crippen LogP contribution in [0.15, 0.2) is 12.1 Å². The van der Waals surface area contributed by atoms with Gasteiger partial charge in [0.25, 0.3) is 0 Å². The van der Waals surface area contributed by atoms with Crippen molar-refractivity contribution in [3.05, 3.63) is 34.4 Å². The predicted molar refractivity (Wildman–Crippen MR) is 113 cm³/mol. The summed E-state index contributed by atoms with van der Waals surface area (Å²) in [7, 11) is 2.22. The van der Waals surface area contributed by atoms with Crippen LogP contribution in [0.5, 0.6) is 0 Å². The first-order chi connectivity index (χ1) is 12.9. The molecule has 0 bridgehead atoms. The number of hydrogen-bond donors (Lipinski definition) is 1. The number of likely N-dealkylation sites (N-methyl/N-ethyl adjacent to an activating group) is 1. The molecular formula is C23H39N3O. The van der Waals surface area contributed by atoms with Crippen molar-refractivity contribution in [2.75, 3.05) is 52.9 Å². The summed E-state index contributed by atoms with van der Waals surface area (Å²) in [6.07, 6.45) is 3.34. The van der Waals surface area contributed by atoms with E-state index in [0.717, 1.165) is 45.4 Å². The second-order valence-electron chi connectivity index (χ2n) is 9.08. The van der Waals surface area contributed by atoms with E-state index in [0.29, 0.717) is 6.61 Å². The molecule has 0 aromatic heterocycles. The third-order valence-corrected chi connectivity index (χ3v) is 7.15. The maximum atomic E-state index is 9.78. The summed E-state index contributed by atoms with van der Waals surface area (Å²) in [5.41, 5.74) is 6.03. The van der Waals surface area contributed by atoms with Crippen LogP contribution in [-0.2, 0) is 13.1 Å². The van der Waals surface area contributed by atoms with Crippen LogP contribution in [0.3, 0.4) is 0 Å². The molecule has 1 aromatic rings. The summed E-state index contributed by atoms with van der Waals surface area (Å²) in [5.74, 6) is 0. The van der Waals surface area contributed by atoms with Gasteiger partial charge in [-0.25, -0.2) is 0 Å². The van der Waals surface area contributed by atoms with Gasteiger partial charge in [0.1, 0.15) is 0 Å². The van der Waals surface area contributed by atoms with Crippen LogP contribution < -0.4 is 0 Å². The number of likely N-dealkylation sites (tertiary alicyclic amines) is 1. The fourth-order valence-electron chi connectivity index (χ4n) is 4.64. The third kappa shape index (κ3) is 5.11. The minimum atomic E-state index is 0.171. The van der Waals surface area contributed by atoms with Gasteiger partial charge in [0.05, 0.1) is 0 Å². The Kier molecular flexibility index (Phi) is 6.96. The first-order valence-electron chi connectivity index (χ1n) is 10.8. The molecule has 0 aliphatic carbocycles. The summed E-state index contributed by atoms with van der Waals surface area (Å²) >= 11 is 0. The molecule has 152 valence electrons. The van der Waals surface area contributed by atoms with Crippen molar-refractivity contribution in [3.8, 4) is 0 Å². The number of benzene rings is 1. The zero-order valence-corrected chi connectivity index (χ0v) is 17.9. The topological polar surface area (TPSA) is 30.0 Å². The van der Waals surface area contributed by atoms with Gasteiger partial charge in [-0.05, 0) is 75.4 Å².